The van der Waals surface area contributed by atoms with Gasteiger partial charge in [0.05, 0.1) is 5.54 Å². The van der Waals surface area contributed by atoms with Crippen molar-refractivity contribution in [1.29, 1.82) is 0 Å². The predicted octanol–water partition coefficient (Wildman–Crippen LogP) is 3.07. The zero-order valence-electron chi connectivity index (χ0n) is 14.5. The van der Waals surface area contributed by atoms with Crippen molar-refractivity contribution >= 4 is 5.91 Å². The Hall–Kier alpha value is -1.55. The highest BCUT2D eigenvalue weighted by Gasteiger charge is 2.28. The first-order valence-corrected chi connectivity index (χ1v) is 8.06. The van der Waals surface area contributed by atoms with Crippen molar-refractivity contribution in [1.82, 2.24) is 5.32 Å². The number of ether oxygens (including phenoxy) is 1. The fourth-order valence-corrected chi connectivity index (χ4v) is 2.17. The van der Waals surface area contributed by atoms with Gasteiger partial charge in [-0.1, -0.05) is 45.9 Å². The molecular weight excluding hydrogens is 276 g/mol. The van der Waals surface area contributed by atoms with Crippen LogP contribution in [0.15, 0.2) is 24.3 Å². The second kappa shape index (κ2) is 8.18. The van der Waals surface area contributed by atoms with E-state index in [2.05, 4.69) is 25.2 Å². The minimum atomic E-state index is -0.406. The van der Waals surface area contributed by atoms with E-state index in [1.165, 1.54) is 0 Å². The SMILES string of the molecule is CCC(C)c1ccccc1OCC(=O)NC(C)(CN)C(C)C. The van der Waals surface area contributed by atoms with E-state index in [4.69, 9.17) is 10.5 Å². The van der Waals surface area contributed by atoms with Crippen LogP contribution < -0.4 is 15.8 Å². The summed E-state index contributed by atoms with van der Waals surface area (Å²) in [7, 11) is 0. The molecule has 2 unspecified atom stereocenters. The van der Waals surface area contributed by atoms with E-state index in [9.17, 15) is 4.79 Å². The molecule has 0 aromatic heterocycles. The molecule has 2 atom stereocenters. The van der Waals surface area contributed by atoms with Crippen LogP contribution in [-0.2, 0) is 4.79 Å². The Morgan fingerprint density at radius 2 is 1.95 bits per heavy atom. The van der Waals surface area contributed by atoms with Gasteiger partial charge in [-0.2, -0.15) is 0 Å². The summed E-state index contributed by atoms with van der Waals surface area (Å²) in [5.74, 6) is 1.31. The lowest BCUT2D eigenvalue weighted by Gasteiger charge is -2.33. The minimum Gasteiger partial charge on any atom is -0.483 e. The number of carbonyl (C=O) groups excluding carboxylic acids is 1. The molecule has 0 aliphatic rings. The zero-order valence-corrected chi connectivity index (χ0v) is 14.5. The first-order valence-electron chi connectivity index (χ1n) is 8.06. The predicted molar refractivity (Wildman–Crippen MR) is 91.1 cm³/mol. The first-order chi connectivity index (χ1) is 10.3. The normalized spacial score (nSPS) is 15.2. The molecule has 1 amide bonds. The molecule has 0 aliphatic heterocycles. The number of hydrogen-bond acceptors (Lipinski definition) is 3. The molecule has 0 saturated heterocycles. The molecule has 0 bridgehead atoms. The van der Waals surface area contributed by atoms with E-state index < -0.39 is 5.54 Å². The molecule has 4 nitrogen and oxygen atoms in total. The lowest BCUT2D eigenvalue weighted by molar-refractivity contribution is -0.125. The highest BCUT2D eigenvalue weighted by Crippen LogP contribution is 2.28. The van der Waals surface area contributed by atoms with Gasteiger partial charge in [0.2, 0.25) is 0 Å². The number of nitrogens with two attached hydrogens (primary N) is 1. The Morgan fingerprint density at radius 1 is 1.32 bits per heavy atom. The second-order valence-corrected chi connectivity index (χ2v) is 6.46. The number of carbonyl (C=O) groups is 1. The third kappa shape index (κ3) is 4.73. The molecule has 0 radical (unpaired) electrons. The van der Waals surface area contributed by atoms with Crippen LogP contribution in [0.4, 0.5) is 0 Å². The smallest absolute Gasteiger partial charge is 0.258 e. The Labute approximate surface area is 134 Å². The average Bonchev–Trinajstić information content (AvgIpc) is 2.52. The fraction of sp³-hybridized carbons (Fsp3) is 0.611. The van der Waals surface area contributed by atoms with Crippen molar-refractivity contribution in [3.05, 3.63) is 29.8 Å². The van der Waals surface area contributed by atoms with E-state index in [0.717, 1.165) is 17.7 Å². The highest BCUT2D eigenvalue weighted by atomic mass is 16.5. The van der Waals surface area contributed by atoms with E-state index >= 15 is 0 Å². The molecular formula is C18H30N2O2. The number of nitrogens with one attached hydrogen (secondary N) is 1. The van der Waals surface area contributed by atoms with Gasteiger partial charge in [-0.15, -0.1) is 0 Å². The van der Waals surface area contributed by atoms with Crippen molar-refractivity contribution in [2.45, 2.75) is 52.5 Å². The highest BCUT2D eigenvalue weighted by molar-refractivity contribution is 5.78. The van der Waals surface area contributed by atoms with E-state index in [-0.39, 0.29) is 18.4 Å². The van der Waals surface area contributed by atoms with Gasteiger partial charge in [0.15, 0.2) is 6.61 Å². The fourth-order valence-electron chi connectivity index (χ4n) is 2.17. The average molecular weight is 306 g/mol. The van der Waals surface area contributed by atoms with Crippen molar-refractivity contribution in [2.75, 3.05) is 13.2 Å². The summed E-state index contributed by atoms with van der Waals surface area (Å²) in [4.78, 5) is 12.2. The monoisotopic (exact) mass is 306 g/mol. The molecule has 0 saturated carbocycles. The molecule has 0 fully saturated rings. The van der Waals surface area contributed by atoms with Gasteiger partial charge in [-0.05, 0) is 36.8 Å². The molecule has 4 heteroatoms. The van der Waals surface area contributed by atoms with Crippen LogP contribution in [0.25, 0.3) is 0 Å². The Morgan fingerprint density at radius 3 is 2.50 bits per heavy atom. The number of para-hydroxylation sites is 1. The van der Waals surface area contributed by atoms with E-state index in [0.29, 0.717) is 12.5 Å². The largest absolute Gasteiger partial charge is 0.483 e. The number of benzene rings is 1. The van der Waals surface area contributed by atoms with Crippen LogP contribution in [0.5, 0.6) is 5.75 Å². The zero-order chi connectivity index (χ0) is 16.8. The van der Waals surface area contributed by atoms with Gasteiger partial charge in [0, 0.05) is 6.54 Å². The summed E-state index contributed by atoms with van der Waals surface area (Å²) in [5.41, 5.74) is 6.53. The third-order valence-electron chi connectivity index (χ3n) is 4.54. The van der Waals surface area contributed by atoms with Crippen LogP contribution in [0.2, 0.25) is 0 Å². The summed E-state index contributed by atoms with van der Waals surface area (Å²) in [6.07, 6.45) is 1.03. The Balaban J connectivity index is 2.69. The third-order valence-corrected chi connectivity index (χ3v) is 4.54. The Kier molecular flexibility index (Phi) is 6.88. The molecule has 124 valence electrons. The molecule has 1 aromatic carbocycles. The van der Waals surface area contributed by atoms with Gasteiger partial charge in [-0.3, -0.25) is 4.79 Å². The van der Waals surface area contributed by atoms with Crippen molar-refractivity contribution < 1.29 is 9.53 Å². The van der Waals surface area contributed by atoms with Gasteiger partial charge < -0.3 is 15.8 Å². The number of hydrogen-bond donors (Lipinski definition) is 2. The van der Waals surface area contributed by atoms with Gasteiger partial charge in [-0.25, -0.2) is 0 Å². The maximum absolute atomic E-state index is 12.2. The summed E-state index contributed by atoms with van der Waals surface area (Å²) in [5, 5.41) is 2.99. The van der Waals surface area contributed by atoms with Gasteiger partial charge in [0.1, 0.15) is 5.75 Å². The summed E-state index contributed by atoms with van der Waals surface area (Å²) < 4.78 is 5.74. The van der Waals surface area contributed by atoms with Gasteiger partial charge in [0.25, 0.3) is 5.91 Å². The maximum atomic E-state index is 12.2. The molecule has 0 aliphatic carbocycles. The lowest BCUT2D eigenvalue weighted by Crippen LogP contribution is -2.56. The molecule has 0 spiro atoms. The maximum Gasteiger partial charge on any atom is 0.258 e. The van der Waals surface area contributed by atoms with Crippen molar-refractivity contribution in [2.24, 2.45) is 11.7 Å². The van der Waals surface area contributed by atoms with Crippen molar-refractivity contribution in [3.8, 4) is 5.75 Å². The first kappa shape index (κ1) is 18.5. The second-order valence-electron chi connectivity index (χ2n) is 6.46. The van der Waals surface area contributed by atoms with E-state index in [1.54, 1.807) is 0 Å². The number of amides is 1. The standard InChI is InChI=1S/C18H30N2O2/c1-6-14(4)15-9-7-8-10-16(15)22-11-17(21)20-18(5,12-19)13(2)3/h7-10,13-14H,6,11-12,19H2,1-5H3,(H,20,21). The lowest BCUT2D eigenvalue weighted by atomic mass is 9.88. The van der Waals surface area contributed by atoms with Crippen LogP contribution in [0, 0.1) is 5.92 Å². The molecule has 1 rings (SSSR count). The number of rotatable bonds is 8. The summed E-state index contributed by atoms with van der Waals surface area (Å²) >= 11 is 0. The molecule has 3 N–H and O–H groups in total. The van der Waals surface area contributed by atoms with Crippen LogP contribution in [-0.4, -0.2) is 24.6 Å². The van der Waals surface area contributed by atoms with Crippen LogP contribution in [0.1, 0.15) is 52.5 Å². The summed E-state index contributed by atoms with van der Waals surface area (Å²) in [6, 6.07) is 7.90. The molecule has 22 heavy (non-hydrogen) atoms. The quantitative estimate of drug-likeness (QED) is 0.776. The topological polar surface area (TPSA) is 64.3 Å². The minimum absolute atomic E-state index is 0.00968. The summed E-state index contributed by atoms with van der Waals surface area (Å²) in [6.45, 7) is 10.8. The Bertz CT molecular complexity index is 488. The van der Waals surface area contributed by atoms with Crippen LogP contribution >= 0.6 is 0 Å². The molecule has 1 aromatic rings. The molecule has 0 heterocycles. The van der Waals surface area contributed by atoms with Crippen molar-refractivity contribution in [3.63, 3.8) is 0 Å². The van der Waals surface area contributed by atoms with E-state index in [1.807, 2.05) is 39.0 Å². The van der Waals surface area contributed by atoms with Crippen LogP contribution in [0.3, 0.4) is 0 Å². The van der Waals surface area contributed by atoms with Gasteiger partial charge >= 0.3 is 0 Å².